The number of anilines is 1. The number of aliphatic hydroxyl groups excluding tert-OH is 2. The van der Waals surface area contributed by atoms with Crippen molar-refractivity contribution in [2.75, 3.05) is 31.6 Å². The number of nitrogens with zero attached hydrogens (tertiary/aromatic N) is 2. The molecule has 2 aromatic carbocycles. The van der Waals surface area contributed by atoms with Gasteiger partial charge in [0.25, 0.3) is 5.69 Å². The van der Waals surface area contributed by atoms with Gasteiger partial charge in [-0.2, -0.15) is 0 Å². The first kappa shape index (κ1) is 25.1. The lowest BCUT2D eigenvalue weighted by Gasteiger charge is -2.36. The van der Waals surface area contributed by atoms with Crippen LogP contribution in [0.25, 0.3) is 0 Å². The molecule has 33 heavy (non-hydrogen) atoms. The molecule has 180 valence electrons. The predicted octanol–water partition coefficient (Wildman–Crippen LogP) is 4.17. The van der Waals surface area contributed by atoms with E-state index in [1.165, 1.54) is 5.56 Å². The van der Waals surface area contributed by atoms with Gasteiger partial charge >= 0.3 is 0 Å². The lowest BCUT2D eigenvalue weighted by molar-refractivity contribution is -0.384. The lowest BCUT2D eigenvalue weighted by atomic mass is 9.99. The molecule has 0 aromatic heterocycles. The summed E-state index contributed by atoms with van der Waals surface area (Å²) < 4.78 is 0. The number of piperidine rings is 1. The third kappa shape index (κ3) is 8.11. The van der Waals surface area contributed by atoms with E-state index < -0.39 is 0 Å². The normalized spacial score (nSPS) is 18.8. The summed E-state index contributed by atoms with van der Waals surface area (Å²) in [5.74, 6) is 0. The Balaban J connectivity index is 1.37. The Morgan fingerprint density at radius 2 is 1.79 bits per heavy atom. The number of aliphatic hydroxyl groups is 2. The predicted molar refractivity (Wildman–Crippen MR) is 132 cm³/mol. The van der Waals surface area contributed by atoms with E-state index in [0.717, 1.165) is 63.6 Å². The van der Waals surface area contributed by atoms with Gasteiger partial charge in [0.05, 0.1) is 17.6 Å². The van der Waals surface area contributed by atoms with Crippen molar-refractivity contribution in [3.8, 4) is 0 Å². The van der Waals surface area contributed by atoms with Crippen molar-refractivity contribution in [3.05, 3.63) is 69.8 Å². The maximum atomic E-state index is 11.6. The fraction of sp³-hybridized carbons (Fsp3) is 0.538. The minimum atomic E-state index is -0.304. The quantitative estimate of drug-likeness (QED) is 0.238. The molecule has 1 heterocycles. The highest BCUT2D eigenvalue weighted by molar-refractivity contribution is 5.62. The van der Waals surface area contributed by atoms with Crippen LogP contribution in [-0.2, 0) is 12.8 Å². The minimum Gasteiger partial charge on any atom is -0.395 e. The fourth-order valence-corrected chi connectivity index (χ4v) is 4.55. The first-order valence-corrected chi connectivity index (χ1v) is 12.1. The van der Waals surface area contributed by atoms with Crippen LogP contribution in [0.3, 0.4) is 0 Å². The van der Waals surface area contributed by atoms with Gasteiger partial charge in [0.1, 0.15) is 5.69 Å². The molecule has 2 aromatic rings. The molecule has 0 spiro atoms. The summed E-state index contributed by atoms with van der Waals surface area (Å²) >= 11 is 0. The van der Waals surface area contributed by atoms with Crippen molar-refractivity contribution in [2.24, 2.45) is 0 Å². The average Bonchev–Trinajstić information content (AvgIpc) is 2.83. The number of hydrogen-bond acceptors (Lipinski definition) is 6. The van der Waals surface area contributed by atoms with Gasteiger partial charge in [-0.25, -0.2) is 0 Å². The monoisotopic (exact) mass is 455 g/mol. The highest BCUT2D eigenvalue weighted by Gasteiger charge is 2.26. The zero-order chi connectivity index (χ0) is 23.5. The Morgan fingerprint density at radius 1 is 1.03 bits per heavy atom. The van der Waals surface area contributed by atoms with E-state index in [-0.39, 0.29) is 29.4 Å². The van der Waals surface area contributed by atoms with Crippen molar-refractivity contribution in [3.63, 3.8) is 0 Å². The molecular formula is C26H37N3O4. The maximum Gasteiger partial charge on any atom is 0.292 e. The van der Waals surface area contributed by atoms with Crippen LogP contribution in [0.2, 0.25) is 0 Å². The van der Waals surface area contributed by atoms with E-state index >= 15 is 0 Å². The zero-order valence-corrected chi connectivity index (χ0v) is 19.4. The fourth-order valence-electron chi connectivity index (χ4n) is 4.55. The Labute approximate surface area is 196 Å². The third-order valence-corrected chi connectivity index (χ3v) is 6.51. The number of nitro benzene ring substituents is 1. The number of rotatable bonds is 13. The summed E-state index contributed by atoms with van der Waals surface area (Å²) in [6.45, 7) is 2.60. The van der Waals surface area contributed by atoms with E-state index in [1.807, 2.05) is 30.3 Å². The van der Waals surface area contributed by atoms with Crippen LogP contribution < -0.4 is 5.32 Å². The second-order valence-electron chi connectivity index (χ2n) is 8.99. The number of benzene rings is 2. The van der Waals surface area contributed by atoms with Gasteiger partial charge in [-0.15, -0.1) is 0 Å². The van der Waals surface area contributed by atoms with Crippen LogP contribution in [0.15, 0.2) is 48.5 Å². The van der Waals surface area contributed by atoms with Crippen molar-refractivity contribution in [1.29, 1.82) is 0 Å². The lowest BCUT2D eigenvalue weighted by Crippen LogP contribution is -2.46. The van der Waals surface area contributed by atoms with Gasteiger partial charge in [-0.1, -0.05) is 49.2 Å². The summed E-state index contributed by atoms with van der Waals surface area (Å²) in [6, 6.07) is 15.7. The molecule has 1 fully saturated rings. The highest BCUT2D eigenvalue weighted by Crippen LogP contribution is 2.26. The Hall–Kier alpha value is -2.48. The molecular weight excluding hydrogens is 418 g/mol. The largest absolute Gasteiger partial charge is 0.395 e. The molecule has 7 heteroatoms. The highest BCUT2D eigenvalue weighted by atomic mass is 16.6. The molecule has 3 N–H and O–H groups in total. The molecule has 2 unspecified atom stereocenters. The first-order valence-electron chi connectivity index (χ1n) is 12.1. The van der Waals surface area contributed by atoms with E-state index in [4.69, 9.17) is 0 Å². The summed E-state index contributed by atoms with van der Waals surface area (Å²) in [5.41, 5.74) is 2.93. The molecule has 7 nitrogen and oxygen atoms in total. The molecule has 0 radical (unpaired) electrons. The average molecular weight is 456 g/mol. The summed E-state index contributed by atoms with van der Waals surface area (Å²) in [7, 11) is 0. The first-order chi connectivity index (χ1) is 16.1. The van der Waals surface area contributed by atoms with Crippen LogP contribution >= 0.6 is 0 Å². The van der Waals surface area contributed by atoms with Crippen LogP contribution in [0, 0.1) is 10.1 Å². The number of aryl methyl sites for hydroxylation is 2. The molecule has 1 aliphatic heterocycles. The van der Waals surface area contributed by atoms with E-state index in [0.29, 0.717) is 18.7 Å². The van der Waals surface area contributed by atoms with Crippen molar-refractivity contribution >= 4 is 11.4 Å². The molecule has 2 atom stereocenters. The Morgan fingerprint density at radius 3 is 2.55 bits per heavy atom. The van der Waals surface area contributed by atoms with E-state index in [2.05, 4.69) is 22.3 Å². The van der Waals surface area contributed by atoms with Crippen LogP contribution in [-0.4, -0.2) is 58.4 Å². The Bertz CT molecular complexity index is 862. The summed E-state index contributed by atoms with van der Waals surface area (Å²) in [6.07, 6.45) is 6.94. The number of likely N-dealkylation sites (tertiary alicyclic amines) is 1. The van der Waals surface area contributed by atoms with Gasteiger partial charge in [0.15, 0.2) is 0 Å². The Kier molecular flexibility index (Phi) is 10.1. The minimum absolute atomic E-state index is 0.0756. The van der Waals surface area contributed by atoms with Crippen molar-refractivity contribution in [1.82, 2.24) is 4.90 Å². The van der Waals surface area contributed by atoms with Crippen molar-refractivity contribution in [2.45, 2.75) is 63.5 Å². The number of unbranched alkanes of at least 4 members (excludes halogenated alkanes) is 3. The van der Waals surface area contributed by atoms with Gasteiger partial charge < -0.3 is 15.5 Å². The van der Waals surface area contributed by atoms with Gasteiger partial charge in [-0.3, -0.25) is 15.0 Å². The molecule has 1 saturated heterocycles. The zero-order valence-electron chi connectivity index (χ0n) is 19.4. The molecule has 3 rings (SSSR count). The molecule has 0 saturated carbocycles. The SMILES string of the molecule is O=[N+]([O-])c1cc(CCc2ccccc2)ccc1NCCCCCCN1CCC(O)CC1CO. The van der Waals surface area contributed by atoms with Crippen LogP contribution in [0.5, 0.6) is 0 Å². The molecule has 0 aliphatic carbocycles. The molecule has 0 bridgehead atoms. The molecule has 0 amide bonds. The van der Waals surface area contributed by atoms with E-state index in [1.54, 1.807) is 6.07 Å². The number of hydrogen-bond donors (Lipinski definition) is 3. The molecule has 1 aliphatic rings. The second kappa shape index (κ2) is 13.3. The van der Waals surface area contributed by atoms with Crippen molar-refractivity contribution < 1.29 is 15.1 Å². The number of nitro groups is 1. The van der Waals surface area contributed by atoms with Gasteiger partial charge in [0.2, 0.25) is 0 Å². The van der Waals surface area contributed by atoms with E-state index in [9.17, 15) is 20.3 Å². The topological polar surface area (TPSA) is 98.9 Å². The number of nitrogens with one attached hydrogen (secondary N) is 1. The second-order valence-corrected chi connectivity index (χ2v) is 8.99. The standard InChI is InChI=1S/C26H37N3O4/c30-20-23-19-24(31)14-17-28(23)16-7-2-1-6-15-27-25-13-12-22(18-26(25)29(32)33)11-10-21-8-4-3-5-9-21/h3-5,8-9,12-13,18,23-24,27,30-31H,1-2,6-7,10-11,14-17,19-20H2. The maximum absolute atomic E-state index is 11.6. The van der Waals surface area contributed by atoms with Gasteiger partial charge in [0, 0.05) is 25.2 Å². The third-order valence-electron chi connectivity index (χ3n) is 6.51. The van der Waals surface area contributed by atoms with Crippen LogP contribution in [0.4, 0.5) is 11.4 Å². The van der Waals surface area contributed by atoms with Crippen LogP contribution in [0.1, 0.15) is 49.7 Å². The smallest absolute Gasteiger partial charge is 0.292 e. The van der Waals surface area contributed by atoms with Gasteiger partial charge in [-0.05, 0) is 62.3 Å². The summed E-state index contributed by atoms with van der Waals surface area (Å²) in [4.78, 5) is 13.6. The summed E-state index contributed by atoms with van der Waals surface area (Å²) in [5, 5.41) is 34.1.